The molecule has 1 aliphatic heterocycles. The van der Waals surface area contributed by atoms with Gasteiger partial charge in [0.2, 0.25) is 5.91 Å². The predicted molar refractivity (Wildman–Crippen MR) is 132 cm³/mol. The summed E-state index contributed by atoms with van der Waals surface area (Å²) in [4.78, 5) is 22.1. The molecule has 0 radical (unpaired) electrons. The van der Waals surface area contributed by atoms with Crippen molar-refractivity contribution in [1.29, 1.82) is 0 Å². The van der Waals surface area contributed by atoms with Crippen LogP contribution >= 0.6 is 34.3 Å². The summed E-state index contributed by atoms with van der Waals surface area (Å²) in [6.07, 6.45) is 1.15. The summed E-state index contributed by atoms with van der Waals surface area (Å²) in [5.74, 6) is -0.229. The molecule has 0 spiro atoms. The Balaban J connectivity index is 1.70. The average Bonchev–Trinajstić information content (AvgIpc) is 3.47. The summed E-state index contributed by atoms with van der Waals surface area (Å²) in [5, 5.41) is 2.93. The second-order valence-electron chi connectivity index (χ2n) is 8.06. The van der Waals surface area contributed by atoms with Crippen molar-refractivity contribution >= 4 is 65.6 Å². The molecule has 32 heavy (non-hydrogen) atoms. The van der Waals surface area contributed by atoms with Crippen LogP contribution < -0.4 is 4.90 Å². The molecule has 3 aromatic rings. The van der Waals surface area contributed by atoms with Gasteiger partial charge in [-0.2, -0.15) is 4.31 Å². The highest BCUT2D eigenvalue weighted by Crippen LogP contribution is 2.35. The van der Waals surface area contributed by atoms with Crippen LogP contribution in [0.4, 0.5) is 5.13 Å². The number of hydrogen-bond acceptors (Lipinski definition) is 7. The van der Waals surface area contributed by atoms with Crippen LogP contribution in [0, 0.1) is 6.92 Å². The highest BCUT2D eigenvalue weighted by Gasteiger charge is 2.42. The molecule has 1 atom stereocenters. The van der Waals surface area contributed by atoms with Crippen molar-refractivity contribution in [1.82, 2.24) is 14.2 Å². The third-order valence-electron chi connectivity index (χ3n) is 5.45. The molecule has 1 saturated heterocycles. The lowest BCUT2D eigenvalue weighted by atomic mass is 10.2. The van der Waals surface area contributed by atoms with E-state index in [0.29, 0.717) is 42.6 Å². The molecule has 0 aliphatic carbocycles. The van der Waals surface area contributed by atoms with Crippen molar-refractivity contribution in [2.45, 2.75) is 30.0 Å². The van der Waals surface area contributed by atoms with Crippen LogP contribution in [0.25, 0.3) is 10.2 Å². The lowest BCUT2D eigenvalue weighted by Gasteiger charge is -2.29. The van der Waals surface area contributed by atoms with E-state index in [1.54, 1.807) is 22.4 Å². The van der Waals surface area contributed by atoms with E-state index in [0.717, 1.165) is 15.8 Å². The third-order valence-corrected chi connectivity index (χ3v) is 9.98. The molecule has 3 heterocycles. The number of likely N-dealkylation sites (N-methyl/N-ethyl adjacent to an activating group) is 1. The van der Waals surface area contributed by atoms with E-state index in [2.05, 4.69) is 0 Å². The van der Waals surface area contributed by atoms with Gasteiger partial charge in [-0.25, -0.2) is 13.4 Å². The zero-order valence-electron chi connectivity index (χ0n) is 18.1. The third kappa shape index (κ3) is 4.57. The second-order valence-corrected chi connectivity index (χ2v) is 12.6. The maximum absolute atomic E-state index is 13.8. The Morgan fingerprint density at radius 3 is 2.78 bits per heavy atom. The molecule has 0 N–H and O–H groups in total. The van der Waals surface area contributed by atoms with Gasteiger partial charge < -0.3 is 4.90 Å². The zero-order valence-corrected chi connectivity index (χ0v) is 21.3. The molecule has 1 amide bonds. The number of halogens is 1. The van der Waals surface area contributed by atoms with E-state index >= 15 is 0 Å². The molecule has 2 aromatic heterocycles. The molecule has 0 saturated carbocycles. The standard InChI is InChI=1S/C21H25ClN4O3S3/c1-14-12-15(22)13-17-19(14)23-21(31-17)25(10-9-24(2)3)20(27)16-6-4-8-26(16)32(28,29)18-7-5-11-30-18/h5,7,11-13,16H,4,6,8-10H2,1-3H3. The number of fused-ring (bicyclic) bond motifs is 1. The molecule has 1 aliphatic rings. The Morgan fingerprint density at radius 2 is 2.09 bits per heavy atom. The maximum atomic E-state index is 13.8. The summed E-state index contributed by atoms with van der Waals surface area (Å²) in [5.41, 5.74) is 1.75. The molecule has 1 aromatic carbocycles. The minimum Gasteiger partial charge on any atom is -0.308 e. The van der Waals surface area contributed by atoms with Crippen molar-refractivity contribution in [2.24, 2.45) is 0 Å². The van der Waals surface area contributed by atoms with Crippen molar-refractivity contribution in [2.75, 3.05) is 38.6 Å². The van der Waals surface area contributed by atoms with Crippen LogP contribution in [-0.4, -0.2) is 68.3 Å². The molecular formula is C21H25ClN4O3S3. The van der Waals surface area contributed by atoms with E-state index in [9.17, 15) is 13.2 Å². The fourth-order valence-corrected chi connectivity index (χ4v) is 8.06. The van der Waals surface area contributed by atoms with Crippen LogP contribution in [0.3, 0.4) is 0 Å². The molecule has 1 unspecified atom stereocenters. The van der Waals surface area contributed by atoms with Gasteiger partial charge in [0.1, 0.15) is 10.3 Å². The number of carbonyl (C=O) groups excluding carboxylic acids is 1. The van der Waals surface area contributed by atoms with Gasteiger partial charge in [-0.3, -0.25) is 9.69 Å². The minimum absolute atomic E-state index is 0.229. The van der Waals surface area contributed by atoms with Crippen LogP contribution in [0.1, 0.15) is 18.4 Å². The van der Waals surface area contributed by atoms with Crippen LogP contribution in [0.5, 0.6) is 0 Å². The van der Waals surface area contributed by atoms with Gasteiger partial charge in [0, 0.05) is 24.7 Å². The van der Waals surface area contributed by atoms with E-state index in [-0.39, 0.29) is 10.1 Å². The topological polar surface area (TPSA) is 73.8 Å². The number of rotatable bonds is 7. The van der Waals surface area contributed by atoms with E-state index < -0.39 is 16.1 Å². The predicted octanol–water partition coefficient (Wildman–Crippen LogP) is 4.07. The monoisotopic (exact) mass is 512 g/mol. The Bertz CT molecular complexity index is 1220. The largest absolute Gasteiger partial charge is 0.308 e. The molecule has 1 fully saturated rings. The van der Waals surface area contributed by atoms with Gasteiger partial charge in [-0.05, 0) is 63.0 Å². The molecule has 11 heteroatoms. The number of carbonyl (C=O) groups is 1. The fraction of sp³-hybridized carbons (Fsp3) is 0.429. The fourth-order valence-electron chi connectivity index (χ4n) is 3.84. The highest BCUT2D eigenvalue weighted by atomic mass is 35.5. The van der Waals surface area contributed by atoms with Gasteiger partial charge in [0.05, 0.1) is 10.2 Å². The van der Waals surface area contributed by atoms with Crippen molar-refractivity contribution < 1.29 is 13.2 Å². The zero-order chi connectivity index (χ0) is 23.0. The van der Waals surface area contributed by atoms with Crippen LogP contribution in [0.15, 0.2) is 33.9 Å². The summed E-state index contributed by atoms with van der Waals surface area (Å²) >= 11 is 8.79. The number of anilines is 1. The van der Waals surface area contributed by atoms with Crippen molar-refractivity contribution in [3.63, 3.8) is 0 Å². The first-order valence-corrected chi connectivity index (χ1v) is 13.8. The second kappa shape index (κ2) is 9.36. The highest BCUT2D eigenvalue weighted by molar-refractivity contribution is 7.91. The van der Waals surface area contributed by atoms with Gasteiger partial charge >= 0.3 is 0 Å². The minimum atomic E-state index is -3.71. The lowest BCUT2D eigenvalue weighted by molar-refractivity contribution is -0.121. The number of sulfonamides is 1. The first-order chi connectivity index (χ1) is 15.2. The molecule has 4 rings (SSSR count). The Morgan fingerprint density at radius 1 is 1.31 bits per heavy atom. The molecular weight excluding hydrogens is 488 g/mol. The normalized spacial score (nSPS) is 17.5. The SMILES string of the molecule is Cc1cc(Cl)cc2sc(N(CCN(C)C)C(=O)C3CCCN3S(=O)(=O)c3cccs3)nc12. The number of aryl methyl sites for hydroxylation is 1. The quantitative estimate of drug-likeness (QED) is 0.477. The van der Waals surface area contributed by atoms with Gasteiger partial charge in [-0.1, -0.05) is 29.0 Å². The number of benzene rings is 1. The van der Waals surface area contributed by atoms with E-state index in [1.165, 1.54) is 27.0 Å². The number of aromatic nitrogens is 1. The smallest absolute Gasteiger partial charge is 0.253 e. The van der Waals surface area contributed by atoms with Crippen molar-refractivity contribution in [3.05, 3.63) is 40.2 Å². The summed E-state index contributed by atoms with van der Waals surface area (Å²) in [7, 11) is 0.163. The van der Waals surface area contributed by atoms with Gasteiger partial charge in [0.15, 0.2) is 5.13 Å². The first-order valence-electron chi connectivity index (χ1n) is 10.3. The maximum Gasteiger partial charge on any atom is 0.253 e. The van der Waals surface area contributed by atoms with E-state index in [1.807, 2.05) is 38.1 Å². The average molecular weight is 513 g/mol. The number of amides is 1. The number of hydrogen-bond donors (Lipinski definition) is 0. The molecule has 0 bridgehead atoms. The van der Waals surface area contributed by atoms with E-state index in [4.69, 9.17) is 16.6 Å². The number of thiazole rings is 1. The Hall–Kier alpha value is -1.56. The van der Waals surface area contributed by atoms with Crippen LogP contribution in [-0.2, 0) is 14.8 Å². The van der Waals surface area contributed by atoms with Gasteiger partial charge in [0.25, 0.3) is 10.0 Å². The Labute approximate surface area is 201 Å². The Kier molecular flexibility index (Phi) is 6.90. The molecule has 172 valence electrons. The van der Waals surface area contributed by atoms with Crippen molar-refractivity contribution in [3.8, 4) is 0 Å². The summed E-state index contributed by atoms with van der Waals surface area (Å²) in [6.45, 7) is 3.33. The first kappa shape index (κ1) is 23.6. The summed E-state index contributed by atoms with van der Waals surface area (Å²) < 4.78 is 28.9. The number of thiophene rings is 1. The number of nitrogens with zero attached hydrogens (tertiary/aromatic N) is 4. The molecule has 7 nitrogen and oxygen atoms in total. The van der Waals surface area contributed by atoms with Gasteiger partial charge in [-0.15, -0.1) is 11.3 Å². The lowest BCUT2D eigenvalue weighted by Crippen LogP contribution is -2.49. The summed E-state index contributed by atoms with van der Waals surface area (Å²) in [6, 6.07) is 6.27. The van der Waals surface area contributed by atoms with Crippen LogP contribution in [0.2, 0.25) is 5.02 Å².